The number of nitrogens with one attached hydrogen (secondary N) is 2. The number of hydrogen-bond acceptors (Lipinski definition) is 4. The molecule has 0 spiro atoms. The van der Waals surface area contributed by atoms with Gasteiger partial charge in [0.05, 0.1) is 24.5 Å². The molecular weight excluding hydrogens is 443 g/mol. The van der Waals surface area contributed by atoms with E-state index in [9.17, 15) is 0 Å². The van der Waals surface area contributed by atoms with Crippen LogP contribution in [-0.2, 0) is 4.74 Å². The lowest BCUT2D eigenvalue weighted by Gasteiger charge is -2.33. The molecule has 0 aliphatic carbocycles. The van der Waals surface area contributed by atoms with Gasteiger partial charge in [0, 0.05) is 20.2 Å². The van der Waals surface area contributed by atoms with Gasteiger partial charge in [-0.1, -0.05) is 6.42 Å². The van der Waals surface area contributed by atoms with Crippen molar-refractivity contribution in [2.45, 2.75) is 51.7 Å². The van der Waals surface area contributed by atoms with Gasteiger partial charge in [0.2, 0.25) is 0 Å². The summed E-state index contributed by atoms with van der Waals surface area (Å²) >= 11 is 0. The first kappa shape index (κ1) is 23.2. The molecule has 26 heavy (non-hydrogen) atoms. The number of halogens is 1. The normalized spacial score (nSPS) is 17.5. The SMILES string of the molecule is CCNC(=NCC(C)(C)OC)NCC(c1ccco1)N1CCCCC1.I. The monoisotopic (exact) mass is 478 g/mol. The molecule has 7 heteroatoms. The molecule has 0 amide bonds. The Labute approximate surface area is 175 Å². The average molecular weight is 478 g/mol. The molecule has 150 valence electrons. The molecule has 6 nitrogen and oxygen atoms in total. The summed E-state index contributed by atoms with van der Waals surface area (Å²) in [5.74, 6) is 1.84. The molecule has 1 saturated heterocycles. The fourth-order valence-corrected chi connectivity index (χ4v) is 2.99. The van der Waals surface area contributed by atoms with Gasteiger partial charge in [0.1, 0.15) is 5.76 Å². The molecule has 0 aromatic carbocycles. The Morgan fingerprint density at radius 2 is 2.04 bits per heavy atom. The van der Waals surface area contributed by atoms with Crippen molar-refractivity contribution in [2.75, 3.05) is 39.8 Å². The summed E-state index contributed by atoms with van der Waals surface area (Å²) in [5.41, 5.74) is -0.268. The number of methoxy groups -OCH3 is 1. The fraction of sp³-hybridized carbons (Fsp3) is 0.737. The Morgan fingerprint density at radius 3 is 2.62 bits per heavy atom. The minimum Gasteiger partial charge on any atom is -0.468 e. The van der Waals surface area contributed by atoms with Crippen LogP contribution in [0.2, 0.25) is 0 Å². The summed E-state index contributed by atoms with van der Waals surface area (Å²) in [5, 5.41) is 6.80. The third-order valence-corrected chi connectivity index (χ3v) is 4.68. The quantitative estimate of drug-likeness (QED) is 0.341. The molecule has 2 N–H and O–H groups in total. The van der Waals surface area contributed by atoms with Crippen LogP contribution >= 0.6 is 24.0 Å². The van der Waals surface area contributed by atoms with E-state index in [1.54, 1.807) is 13.4 Å². The van der Waals surface area contributed by atoms with Crippen molar-refractivity contribution >= 4 is 29.9 Å². The summed E-state index contributed by atoms with van der Waals surface area (Å²) < 4.78 is 11.2. The predicted octanol–water partition coefficient (Wildman–Crippen LogP) is 3.40. The Balaban J connectivity index is 0.00000338. The predicted molar refractivity (Wildman–Crippen MR) is 117 cm³/mol. The van der Waals surface area contributed by atoms with Crippen LogP contribution in [0.3, 0.4) is 0 Å². The molecule has 1 aromatic heterocycles. The van der Waals surface area contributed by atoms with E-state index in [1.165, 1.54) is 19.3 Å². The summed E-state index contributed by atoms with van der Waals surface area (Å²) in [6.45, 7) is 10.6. The van der Waals surface area contributed by atoms with Crippen LogP contribution in [0.25, 0.3) is 0 Å². The second kappa shape index (κ2) is 11.8. The van der Waals surface area contributed by atoms with Crippen molar-refractivity contribution in [3.8, 4) is 0 Å². The Kier molecular flexibility index (Phi) is 10.6. The molecule has 0 saturated carbocycles. The topological polar surface area (TPSA) is 62.0 Å². The highest BCUT2D eigenvalue weighted by Crippen LogP contribution is 2.24. The Morgan fingerprint density at radius 1 is 1.31 bits per heavy atom. The maximum absolute atomic E-state index is 5.71. The highest BCUT2D eigenvalue weighted by atomic mass is 127. The zero-order valence-corrected chi connectivity index (χ0v) is 18.9. The van der Waals surface area contributed by atoms with Gasteiger partial charge in [-0.2, -0.15) is 0 Å². The number of rotatable bonds is 8. The first-order chi connectivity index (χ1) is 12.1. The van der Waals surface area contributed by atoms with E-state index in [-0.39, 0.29) is 35.6 Å². The van der Waals surface area contributed by atoms with Crippen molar-refractivity contribution in [1.82, 2.24) is 15.5 Å². The number of guanidine groups is 1. The van der Waals surface area contributed by atoms with Gasteiger partial charge in [-0.25, -0.2) is 0 Å². The number of furan rings is 1. The first-order valence-corrected chi connectivity index (χ1v) is 9.40. The minimum atomic E-state index is -0.268. The zero-order valence-electron chi connectivity index (χ0n) is 16.6. The zero-order chi connectivity index (χ0) is 18.1. The lowest BCUT2D eigenvalue weighted by molar-refractivity contribution is 0.0310. The number of likely N-dealkylation sites (tertiary alicyclic amines) is 1. The van der Waals surface area contributed by atoms with Gasteiger partial charge >= 0.3 is 0 Å². The Bertz CT molecular complexity index is 514. The summed E-state index contributed by atoms with van der Waals surface area (Å²) in [4.78, 5) is 7.19. The van der Waals surface area contributed by atoms with Crippen molar-refractivity contribution in [3.63, 3.8) is 0 Å². The average Bonchev–Trinajstić information content (AvgIpc) is 3.15. The van der Waals surface area contributed by atoms with Gasteiger partial charge in [-0.3, -0.25) is 9.89 Å². The minimum absolute atomic E-state index is 0. The van der Waals surface area contributed by atoms with E-state index >= 15 is 0 Å². The highest BCUT2D eigenvalue weighted by Gasteiger charge is 2.24. The van der Waals surface area contributed by atoms with Crippen LogP contribution in [0, 0.1) is 0 Å². The number of ether oxygens (including phenoxy) is 1. The Hall–Kier alpha value is -0.800. The van der Waals surface area contributed by atoms with Crippen molar-refractivity contribution in [1.29, 1.82) is 0 Å². The van der Waals surface area contributed by atoms with Crippen LogP contribution in [-0.4, -0.2) is 56.3 Å². The van der Waals surface area contributed by atoms with Crippen LogP contribution < -0.4 is 10.6 Å². The molecule has 1 fully saturated rings. The van der Waals surface area contributed by atoms with E-state index in [2.05, 4.69) is 33.5 Å². The van der Waals surface area contributed by atoms with Crippen LogP contribution in [0.15, 0.2) is 27.8 Å². The summed E-state index contributed by atoms with van der Waals surface area (Å²) in [7, 11) is 1.72. The standard InChI is InChI=1S/C19H34N4O2.HI/c1-5-20-18(22-15-19(2,3)24-4)21-14-16(17-10-9-13-25-17)23-11-7-6-8-12-23;/h9-10,13,16H,5-8,11-12,14-15H2,1-4H3,(H2,20,21,22);1H. The molecule has 1 aromatic rings. The molecule has 1 aliphatic heterocycles. The molecule has 1 atom stereocenters. The van der Waals surface area contributed by atoms with Crippen LogP contribution in [0.5, 0.6) is 0 Å². The molecule has 0 bridgehead atoms. The van der Waals surface area contributed by atoms with Crippen LogP contribution in [0.1, 0.15) is 51.8 Å². The molecule has 2 heterocycles. The third-order valence-electron chi connectivity index (χ3n) is 4.68. The second-order valence-corrected chi connectivity index (χ2v) is 7.17. The maximum atomic E-state index is 5.71. The van der Waals surface area contributed by atoms with E-state index < -0.39 is 0 Å². The number of hydrogen-bond donors (Lipinski definition) is 2. The summed E-state index contributed by atoms with van der Waals surface area (Å²) in [6, 6.07) is 4.26. The van der Waals surface area contributed by atoms with Gasteiger partial charge in [0.25, 0.3) is 0 Å². The number of piperidine rings is 1. The number of aliphatic imine (C=N–C) groups is 1. The molecular formula is C19H35IN4O2. The molecule has 1 unspecified atom stereocenters. The van der Waals surface area contributed by atoms with Crippen molar-refractivity contribution < 1.29 is 9.15 Å². The number of nitrogens with zero attached hydrogens (tertiary/aromatic N) is 2. The van der Waals surface area contributed by atoms with Crippen LogP contribution in [0.4, 0.5) is 0 Å². The van der Waals surface area contributed by atoms with Gasteiger partial charge < -0.3 is 19.8 Å². The largest absolute Gasteiger partial charge is 0.468 e. The van der Waals surface area contributed by atoms with E-state index in [4.69, 9.17) is 9.15 Å². The second-order valence-electron chi connectivity index (χ2n) is 7.17. The van der Waals surface area contributed by atoms with Gasteiger partial charge in [-0.05, 0) is 58.8 Å². The van der Waals surface area contributed by atoms with Crippen molar-refractivity contribution in [2.24, 2.45) is 4.99 Å². The highest BCUT2D eigenvalue weighted by molar-refractivity contribution is 14.0. The lowest BCUT2D eigenvalue weighted by atomic mass is 10.1. The first-order valence-electron chi connectivity index (χ1n) is 9.40. The van der Waals surface area contributed by atoms with E-state index in [1.807, 2.05) is 19.9 Å². The summed E-state index contributed by atoms with van der Waals surface area (Å²) in [6.07, 6.45) is 5.60. The molecule has 2 rings (SSSR count). The lowest BCUT2D eigenvalue weighted by Crippen LogP contribution is -2.45. The van der Waals surface area contributed by atoms with Gasteiger partial charge in [-0.15, -0.1) is 24.0 Å². The van der Waals surface area contributed by atoms with E-state index in [0.29, 0.717) is 6.54 Å². The molecule has 0 radical (unpaired) electrons. The smallest absolute Gasteiger partial charge is 0.191 e. The molecule has 1 aliphatic rings. The van der Waals surface area contributed by atoms with Crippen molar-refractivity contribution in [3.05, 3.63) is 24.2 Å². The maximum Gasteiger partial charge on any atom is 0.191 e. The fourth-order valence-electron chi connectivity index (χ4n) is 2.99. The third kappa shape index (κ3) is 7.44. The van der Waals surface area contributed by atoms with E-state index in [0.717, 1.165) is 37.9 Å². The van der Waals surface area contributed by atoms with Gasteiger partial charge in [0.15, 0.2) is 5.96 Å².